The van der Waals surface area contributed by atoms with Gasteiger partial charge in [0.1, 0.15) is 6.29 Å². The van der Waals surface area contributed by atoms with Crippen molar-refractivity contribution in [3.05, 3.63) is 105 Å². The number of aromatic carboxylic acids is 1. The number of aldehydes is 1. The largest absolute Gasteiger partial charge is 0.478 e. The average molecular weight is 440 g/mol. The Morgan fingerprint density at radius 2 is 1.79 bits per heavy atom. The number of benzene rings is 3. The standard InChI is InChI=1S/C28H25NO4/c1-2-3-6-22-17-29(26-14-11-20(18-30)15-25(26)27(22)31)16-19-9-12-21(13-10-19)23-7-4-5-8-24(23)28(32)33/h4-5,7-15,17-18H,2-3,6,16H2,1H3,(H,32,33). The molecule has 0 bridgehead atoms. The molecule has 5 nitrogen and oxygen atoms in total. The number of fused-ring (bicyclic) bond motifs is 1. The third-order valence-corrected chi connectivity index (χ3v) is 5.89. The van der Waals surface area contributed by atoms with Gasteiger partial charge in [0.2, 0.25) is 0 Å². The van der Waals surface area contributed by atoms with E-state index in [1.54, 1.807) is 30.3 Å². The van der Waals surface area contributed by atoms with Crippen LogP contribution in [0.15, 0.2) is 77.7 Å². The van der Waals surface area contributed by atoms with E-state index < -0.39 is 5.97 Å². The maximum absolute atomic E-state index is 13.0. The molecule has 1 aromatic heterocycles. The van der Waals surface area contributed by atoms with Gasteiger partial charge in [-0.1, -0.05) is 55.8 Å². The van der Waals surface area contributed by atoms with Crippen LogP contribution < -0.4 is 5.43 Å². The monoisotopic (exact) mass is 439 g/mol. The second-order valence-electron chi connectivity index (χ2n) is 8.16. The van der Waals surface area contributed by atoms with Crippen LogP contribution in [0, 0.1) is 0 Å². The summed E-state index contributed by atoms with van der Waals surface area (Å²) in [6.45, 7) is 2.64. The number of aromatic nitrogens is 1. The van der Waals surface area contributed by atoms with Gasteiger partial charge in [0.05, 0.1) is 11.1 Å². The summed E-state index contributed by atoms with van der Waals surface area (Å²) in [4.78, 5) is 35.8. The Labute approximate surface area is 191 Å². The minimum absolute atomic E-state index is 0.0148. The van der Waals surface area contributed by atoms with Crippen LogP contribution in [0.4, 0.5) is 0 Å². The highest BCUT2D eigenvalue weighted by Gasteiger charge is 2.12. The Hall–Kier alpha value is -3.99. The Morgan fingerprint density at radius 3 is 2.48 bits per heavy atom. The number of carboxylic acids is 1. The molecule has 0 fully saturated rings. The first-order valence-corrected chi connectivity index (χ1v) is 11.0. The lowest BCUT2D eigenvalue weighted by Gasteiger charge is -2.15. The van der Waals surface area contributed by atoms with Gasteiger partial charge in [0.25, 0.3) is 0 Å². The molecule has 0 aliphatic carbocycles. The highest BCUT2D eigenvalue weighted by molar-refractivity contribution is 5.96. The van der Waals surface area contributed by atoms with Crippen LogP contribution in [0.2, 0.25) is 0 Å². The number of carboxylic acid groups (broad SMARTS) is 1. The van der Waals surface area contributed by atoms with E-state index in [4.69, 9.17) is 0 Å². The van der Waals surface area contributed by atoms with E-state index in [9.17, 15) is 19.5 Å². The normalized spacial score (nSPS) is 10.9. The van der Waals surface area contributed by atoms with E-state index in [2.05, 4.69) is 11.5 Å². The van der Waals surface area contributed by atoms with Crippen molar-refractivity contribution in [2.75, 3.05) is 0 Å². The number of hydrogen-bond acceptors (Lipinski definition) is 3. The van der Waals surface area contributed by atoms with E-state index in [-0.39, 0.29) is 11.0 Å². The number of pyridine rings is 1. The molecular weight excluding hydrogens is 414 g/mol. The van der Waals surface area contributed by atoms with Crippen molar-refractivity contribution in [2.45, 2.75) is 32.7 Å². The fourth-order valence-corrected chi connectivity index (χ4v) is 4.13. The summed E-state index contributed by atoms with van der Waals surface area (Å²) in [6.07, 6.45) is 5.29. The number of carbonyl (C=O) groups is 2. The van der Waals surface area contributed by atoms with E-state index in [0.29, 0.717) is 29.5 Å². The predicted octanol–water partition coefficient (Wildman–Crippen LogP) is 5.57. The fraction of sp³-hybridized carbons (Fsp3) is 0.179. The third-order valence-electron chi connectivity index (χ3n) is 5.89. The molecule has 0 aliphatic rings. The smallest absolute Gasteiger partial charge is 0.336 e. The van der Waals surface area contributed by atoms with Crippen LogP contribution in [-0.4, -0.2) is 21.9 Å². The summed E-state index contributed by atoms with van der Waals surface area (Å²) in [5.41, 5.74) is 4.81. The van der Waals surface area contributed by atoms with Crippen LogP contribution >= 0.6 is 0 Å². The van der Waals surface area contributed by atoms with Crippen molar-refractivity contribution in [3.8, 4) is 11.1 Å². The van der Waals surface area contributed by atoms with Crippen LogP contribution in [0.5, 0.6) is 0 Å². The number of hydrogen-bond donors (Lipinski definition) is 1. The maximum atomic E-state index is 13.0. The van der Waals surface area contributed by atoms with Gasteiger partial charge in [0.15, 0.2) is 5.43 Å². The molecule has 166 valence electrons. The number of unbranched alkanes of at least 4 members (excludes halogenated alkanes) is 1. The van der Waals surface area contributed by atoms with Gasteiger partial charge in [-0.15, -0.1) is 0 Å². The van der Waals surface area contributed by atoms with E-state index >= 15 is 0 Å². The Morgan fingerprint density at radius 1 is 1.03 bits per heavy atom. The molecule has 0 aliphatic heterocycles. The van der Waals surface area contributed by atoms with E-state index in [0.717, 1.165) is 41.3 Å². The van der Waals surface area contributed by atoms with Gasteiger partial charge in [-0.2, -0.15) is 0 Å². The van der Waals surface area contributed by atoms with Crippen LogP contribution in [0.3, 0.4) is 0 Å². The van der Waals surface area contributed by atoms with E-state index in [1.807, 2.05) is 42.6 Å². The minimum atomic E-state index is -0.955. The van der Waals surface area contributed by atoms with Gasteiger partial charge in [-0.05, 0) is 53.8 Å². The number of aryl methyl sites for hydroxylation is 1. The molecule has 0 saturated carbocycles. The molecular formula is C28H25NO4. The van der Waals surface area contributed by atoms with Gasteiger partial charge >= 0.3 is 5.97 Å². The molecule has 4 aromatic rings. The molecule has 5 heteroatoms. The highest BCUT2D eigenvalue weighted by atomic mass is 16.4. The second-order valence-corrected chi connectivity index (χ2v) is 8.16. The average Bonchev–Trinajstić information content (AvgIpc) is 2.85. The maximum Gasteiger partial charge on any atom is 0.336 e. The van der Waals surface area contributed by atoms with Gasteiger partial charge < -0.3 is 9.67 Å². The van der Waals surface area contributed by atoms with Gasteiger partial charge in [-0.3, -0.25) is 9.59 Å². The molecule has 0 saturated heterocycles. The summed E-state index contributed by atoms with van der Waals surface area (Å²) >= 11 is 0. The molecule has 0 amide bonds. The Kier molecular flexibility index (Phi) is 6.50. The molecule has 3 aromatic carbocycles. The SMILES string of the molecule is CCCCc1cn(Cc2ccc(-c3ccccc3C(=O)O)cc2)c2ccc(C=O)cc2c1=O. The second kappa shape index (κ2) is 9.65. The lowest BCUT2D eigenvalue weighted by Crippen LogP contribution is -2.16. The van der Waals surface area contributed by atoms with Crippen molar-refractivity contribution in [1.29, 1.82) is 0 Å². The first-order chi connectivity index (χ1) is 16.0. The zero-order valence-electron chi connectivity index (χ0n) is 18.5. The predicted molar refractivity (Wildman–Crippen MR) is 130 cm³/mol. The van der Waals surface area contributed by atoms with Crippen LogP contribution in [0.25, 0.3) is 22.0 Å². The van der Waals surface area contributed by atoms with Crippen LogP contribution in [0.1, 0.15) is 51.6 Å². The van der Waals surface area contributed by atoms with Gasteiger partial charge in [0, 0.05) is 29.3 Å². The molecule has 4 rings (SSSR count). The Bertz CT molecular complexity index is 1380. The summed E-state index contributed by atoms with van der Waals surface area (Å²) < 4.78 is 2.05. The summed E-state index contributed by atoms with van der Waals surface area (Å²) in [6, 6.07) is 20.0. The molecule has 0 atom stereocenters. The number of rotatable bonds is 8. The Balaban J connectivity index is 1.73. The van der Waals surface area contributed by atoms with Crippen LogP contribution in [-0.2, 0) is 13.0 Å². The topological polar surface area (TPSA) is 76.4 Å². The fourth-order valence-electron chi connectivity index (χ4n) is 4.13. The highest BCUT2D eigenvalue weighted by Crippen LogP contribution is 2.25. The number of nitrogens with zero attached hydrogens (tertiary/aromatic N) is 1. The first-order valence-electron chi connectivity index (χ1n) is 11.0. The molecule has 1 N–H and O–H groups in total. The molecule has 0 unspecified atom stereocenters. The number of carbonyl (C=O) groups excluding carboxylic acids is 1. The zero-order chi connectivity index (χ0) is 23.4. The van der Waals surface area contributed by atoms with Gasteiger partial charge in [-0.25, -0.2) is 4.79 Å². The molecule has 0 spiro atoms. The molecule has 0 radical (unpaired) electrons. The summed E-state index contributed by atoms with van der Waals surface area (Å²) in [5.74, 6) is -0.955. The van der Waals surface area contributed by atoms with Crippen molar-refractivity contribution in [1.82, 2.24) is 4.57 Å². The quantitative estimate of drug-likeness (QED) is 0.364. The van der Waals surface area contributed by atoms with Crippen molar-refractivity contribution >= 4 is 23.2 Å². The zero-order valence-corrected chi connectivity index (χ0v) is 18.5. The van der Waals surface area contributed by atoms with Crippen molar-refractivity contribution in [3.63, 3.8) is 0 Å². The molecule has 33 heavy (non-hydrogen) atoms. The van der Waals surface area contributed by atoms with Crippen molar-refractivity contribution < 1.29 is 14.7 Å². The first kappa shape index (κ1) is 22.2. The third kappa shape index (κ3) is 4.62. The molecule has 1 heterocycles. The lowest BCUT2D eigenvalue weighted by atomic mass is 9.98. The lowest BCUT2D eigenvalue weighted by molar-refractivity contribution is 0.0697. The van der Waals surface area contributed by atoms with Crippen molar-refractivity contribution in [2.24, 2.45) is 0 Å². The van der Waals surface area contributed by atoms with E-state index in [1.165, 1.54) is 0 Å². The minimum Gasteiger partial charge on any atom is -0.478 e. The summed E-state index contributed by atoms with van der Waals surface area (Å²) in [7, 11) is 0. The summed E-state index contributed by atoms with van der Waals surface area (Å²) in [5, 5.41) is 10.0.